The van der Waals surface area contributed by atoms with Crippen LogP contribution in [0.5, 0.6) is 0 Å². The molecular weight excluding hydrogens is 524 g/mol. The molecule has 0 radical (unpaired) electrons. The quantitative estimate of drug-likeness (QED) is 0.260. The van der Waals surface area contributed by atoms with Gasteiger partial charge in [-0.05, 0) is 75.6 Å². The molecule has 200 valence electrons. The zero-order valence-electron chi connectivity index (χ0n) is 20.8. The molecule has 2 fully saturated rings. The first-order valence-electron chi connectivity index (χ1n) is 12.8. The molecule has 2 aliphatic carbocycles. The Morgan fingerprint density at radius 3 is 1.53 bits per heavy atom. The monoisotopic (exact) mass is 554 g/mol. The number of hydrogen-bond donors (Lipinski definition) is 4. The van der Waals surface area contributed by atoms with Crippen molar-refractivity contribution in [3.63, 3.8) is 0 Å². The van der Waals surface area contributed by atoms with Crippen LogP contribution in [0.4, 0.5) is 10.3 Å². The van der Waals surface area contributed by atoms with Crippen molar-refractivity contribution in [2.24, 2.45) is 0 Å². The molecule has 4 heterocycles. The second kappa shape index (κ2) is 9.64. The van der Waals surface area contributed by atoms with Crippen molar-refractivity contribution in [3.05, 3.63) is 46.5 Å². The Morgan fingerprint density at radius 2 is 1.18 bits per heavy atom. The Kier molecular flexibility index (Phi) is 6.42. The minimum Gasteiger partial charge on any atom is -0.463 e. The summed E-state index contributed by atoms with van der Waals surface area (Å²) in [6.45, 7) is 0. The Morgan fingerprint density at radius 1 is 0.789 bits per heavy atom. The number of anilines is 2. The van der Waals surface area contributed by atoms with E-state index in [1.54, 1.807) is 24.7 Å². The van der Waals surface area contributed by atoms with E-state index in [1.807, 2.05) is 12.1 Å². The molecule has 4 aromatic rings. The summed E-state index contributed by atoms with van der Waals surface area (Å²) in [4.78, 5) is 26.0. The summed E-state index contributed by atoms with van der Waals surface area (Å²) in [7, 11) is 0. The number of nitrogen functional groups attached to an aromatic ring is 2. The minimum atomic E-state index is -0.946. The summed E-state index contributed by atoms with van der Waals surface area (Å²) in [5.41, 5.74) is 11.7. The van der Waals surface area contributed by atoms with Gasteiger partial charge in [0.15, 0.2) is 27.6 Å². The van der Waals surface area contributed by atoms with Gasteiger partial charge < -0.3 is 30.5 Å². The highest BCUT2D eigenvalue weighted by molar-refractivity contribution is 7.16. The average Bonchev–Trinajstić information content (AvgIpc) is 3.72. The van der Waals surface area contributed by atoms with Gasteiger partial charge in [0, 0.05) is 0 Å². The molecule has 0 amide bonds. The van der Waals surface area contributed by atoms with E-state index < -0.39 is 23.0 Å². The maximum atomic E-state index is 15.3. The lowest BCUT2D eigenvalue weighted by Gasteiger charge is -2.46. The van der Waals surface area contributed by atoms with Gasteiger partial charge in [0.05, 0.1) is 45.3 Å². The van der Waals surface area contributed by atoms with E-state index in [1.165, 1.54) is 22.7 Å². The summed E-state index contributed by atoms with van der Waals surface area (Å²) in [5, 5.41) is 21.7. The normalized spacial score (nSPS) is 27.9. The number of nitrogens with zero attached hydrogens (tertiary/aromatic N) is 2. The van der Waals surface area contributed by atoms with Gasteiger partial charge in [-0.2, -0.15) is 0 Å². The Hall–Kier alpha value is -2.99. The third-order valence-corrected chi connectivity index (χ3v) is 10.3. The summed E-state index contributed by atoms with van der Waals surface area (Å²) >= 11 is 2.63. The molecule has 38 heavy (non-hydrogen) atoms. The van der Waals surface area contributed by atoms with Crippen molar-refractivity contribution in [3.8, 4) is 22.9 Å². The molecule has 0 unspecified atom stereocenters. The topological polar surface area (TPSA) is 162 Å². The number of aliphatic hydroxyl groups is 2. The van der Waals surface area contributed by atoms with Crippen LogP contribution in [0.15, 0.2) is 45.6 Å². The van der Waals surface area contributed by atoms with Crippen LogP contribution in [0.25, 0.3) is 22.9 Å². The Labute approximate surface area is 227 Å². The third-order valence-electron chi connectivity index (χ3n) is 8.15. The summed E-state index contributed by atoms with van der Waals surface area (Å²) in [5.74, 6) is 1.15. The van der Waals surface area contributed by atoms with Crippen LogP contribution < -0.4 is 11.5 Å². The molecule has 2 aliphatic rings. The van der Waals surface area contributed by atoms with E-state index in [0.717, 1.165) is 9.75 Å². The van der Waals surface area contributed by atoms with Crippen molar-refractivity contribution in [2.75, 3.05) is 11.5 Å². The number of aromatic nitrogens is 2. The van der Waals surface area contributed by atoms with Crippen LogP contribution in [0.1, 0.15) is 61.1 Å². The second-order valence-corrected chi connectivity index (χ2v) is 12.4. The molecule has 4 aromatic heterocycles. The predicted octanol–water partition coefficient (Wildman–Crippen LogP) is 4.90. The van der Waals surface area contributed by atoms with Crippen LogP contribution >= 0.6 is 22.7 Å². The minimum absolute atomic E-state index is 0.0386. The van der Waals surface area contributed by atoms with Crippen molar-refractivity contribution in [1.82, 2.24) is 9.97 Å². The molecular formula is C27H30N4O5S2. The molecule has 6 rings (SSSR count). The van der Waals surface area contributed by atoms with Crippen LogP contribution in [0, 0.1) is 0 Å². The van der Waals surface area contributed by atoms with Gasteiger partial charge in [0.1, 0.15) is 11.4 Å². The number of carbonyl (C=O) groups is 1. The predicted molar refractivity (Wildman–Crippen MR) is 146 cm³/mol. The molecule has 2 saturated carbocycles. The highest BCUT2D eigenvalue weighted by atomic mass is 32.1. The van der Waals surface area contributed by atoms with Crippen molar-refractivity contribution >= 4 is 38.7 Å². The lowest BCUT2D eigenvalue weighted by atomic mass is 9.57. The Balaban J connectivity index is 1.56. The summed E-state index contributed by atoms with van der Waals surface area (Å²) in [6.07, 6.45) is 5.95. The molecule has 6 N–H and O–H groups in total. The van der Waals surface area contributed by atoms with Gasteiger partial charge in [0.25, 0.3) is 0 Å². The van der Waals surface area contributed by atoms with E-state index in [9.17, 15) is 10.2 Å². The number of nitrogens with two attached hydrogens (primary N) is 2. The van der Waals surface area contributed by atoms with Crippen molar-refractivity contribution in [1.29, 1.82) is 0 Å². The molecule has 0 bridgehead atoms. The zero-order valence-corrected chi connectivity index (χ0v) is 22.4. The first-order chi connectivity index (χ1) is 18.3. The lowest BCUT2D eigenvalue weighted by Crippen LogP contribution is -2.53. The number of ketones is 1. The average molecular weight is 555 g/mol. The smallest absolute Gasteiger partial charge is 0.180 e. The van der Waals surface area contributed by atoms with E-state index in [-0.39, 0.29) is 5.78 Å². The largest absolute Gasteiger partial charge is 0.463 e. The molecule has 0 aliphatic heterocycles. The van der Waals surface area contributed by atoms with Crippen molar-refractivity contribution < 1.29 is 23.8 Å². The fraction of sp³-hybridized carbons (Fsp3) is 0.444. The van der Waals surface area contributed by atoms with Crippen molar-refractivity contribution in [2.45, 2.75) is 74.4 Å². The van der Waals surface area contributed by atoms with Crippen LogP contribution in [0.3, 0.4) is 0 Å². The van der Waals surface area contributed by atoms with E-state index >= 15 is 4.79 Å². The fourth-order valence-electron chi connectivity index (χ4n) is 6.25. The number of hydrogen-bond acceptors (Lipinski definition) is 11. The number of furan rings is 2. The highest BCUT2D eigenvalue weighted by Crippen LogP contribution is 2.56. The van der Waals surface area contributed by atoms with Gasteiger partial charge >= 0.3 is 0 Å². The summed E-state index contributed by atoms with van der Waals surface area (Å²) in [6, 6.07) is 7.21. The van der Waals surface area contributed by atoms with Gasteiger partial charge in [-0.15, -0.1) is 22.7 Å². The fourth-order valence-corrected chi connectivity index (χ4v) is 8.41. The second-order valence-electron chi connectivity index (χ2n) is 10.4. The van der Waals surface area contributed by atoms with Gasteiger partial charge in [-0.3, -0.25) is 4.79 Å². The molecule has 9 nitrogen and oxygen atoms in total. The zero-order chi connectivity index (χ0) is 26.5. The molecule has 0 saturated heterocycles. The van der Waals surface area contributed by atoms with Crippen LogP contribution in [0.2, 0.25) is 0 Å². The first-order valence-corrected chi connectivity index (χ1v) is 14.5. The number of Topliss-reactive ketones (excluding diaryl/α,β-unsaturated/α-hetero) is 1. The molecule has 0 spiro atoms. The van der Waals surface area contributed by atoms with E-state index in [4.69, 9.17) is 20.3 Å². The highest BCUT2D eigenvalue weighted by Gasteiger charge is 2.57. The number of aliphatic hydroxyl groups excluding tert-OH is 2. The number of carbonyl (C=O) groups excluding carboxylic acids is 1. The van der Waals surface area contributed by atoms with Crippen LogP contribution in [-0.4, -0.2) is 38.2 Å². The first kappa shape index (κ1) is 25.3. The molecule has 0 atom stereocenters. The number of rotatable bonds is 6. The van der Waals surface area contributed by atoms with E-state index in [0.29, 0.717) is 84.5 Å². The number of thiazole rings is 2. The summed E-state index contributed by atoms with van der Waals surface area (Å²) < 4.78 is 11.4. The maximum absolute atomic E-state index is 15.3. The maximum Gasteiger partial charge on any atom is 0.180 e. The molecule has 0 aromatic carbocycles. The van der Waals surface area contributed by atoms with Gasteiger partial charge in [0.2, 0.25) is 0 Å². The van der Waals surface area contributed by atoms with E-state index in [2.05, 4.69) is 9.97 Å². The van der Waals surface area contributed by atoms with Gasteiger partial charge in [-0.1, -0.05) is 0 Å². The SMILES string of the molecule is Nc1nc(-c2ccco2)c(C2(C(=O)C3(c4sc(N)nc4-c4ccco4)CCC(O)CC3)CCC(O)CC2)s1. The Bertz CT molecular complexity index is 1300. The third kappa shape index (κ3) is 4.08. The molecule has 11 heteroatoms. The van der Waals surface area contributed by atoms with Crippen LogP contribution in [-0.2, 0) is 15.6 Å². The standard InChI is InChI=1S/C27H30N4O5S2/c28-24-30-19(17-3-1-13-35-17)21(37-24)26(9-5-15(32)6-10-26)23(34)27(11-7-16(33)8-12-27)22-20(31-25(29)38-22)18-4-2-14-36-18/h1-4,13-16,32-33H,5-12H2,(H2,28,30)(H2,29,31). The van der Waals surface area contributed by atoms with Gasteiger partial charge in [-0.25, -0.2) is 9.97 Å². The lowest BCUT2D eigenvalue weighted by molar-refractivity contribution is -0.134.